The molecule has 0 amide bonds. The molecule has 1 aromatic carbocycles. The zero-order chi connectivity index (χ0) is 21.6. The summed E-state index contributed by atoms with van der Waals surface area (Å²) in [4.78, 5) is 42.6. The number of hydrogen-bond acceptors (Lipinski definition) is 5. The minimum absolute atomic E-state index is 0.0353. The molecule has 0 atom stereocenters. The maximum atomic E-state index is 13.3. The summed E-state index contributed by atoms with van der Waals surface area (Å²) in [7, 11) is 1.57. The topological polar surface area (TPSA) is 92.5 Å². The van der Waals surface area contributed by atoms with E-state index in [2.05, 4.69) is 4.98 Å². The summed E-state index contributed by atoms with van der Waals surface area (Å²) in [5.74, 6) is -0.00769. The highest BCUT2D eigenvalue weighted by molar-refractivity contribution is 6.30. The predicted molar refractivity (Wildman–Crippen MR) is 112 cm³/mol. The Hall–Kier alpha value is -3.33. The zero-order valence-electron chi connectivity index (χ0n) is 16.8. The summed E-state index contributed by atoms with van der Waals surface area (Å²) in [6, 6.07) is 6.95. The summed E-state index contributed by atoms with van der Waals surface area (Å²) in [6.07, 6.45) is 1.72. The maximum Gasteiger partial charge on any atom is 0.332 e. The Bertz CT molecular complexity index is 1390. The minimum Gasteiger partial charge on any atom is -0.465 e. The average Bonchev–Trinajstić information content (AvgIpc) is 3.21. The van der Waals surface area contributed by atoms with Gasteiger partial charge in [0.05, 0.1) is 13.2 Å². The van der Waals surface area contributed by atoms with E-state index in [9.17, 15) is 14.4 Å². The van der Waals surface area contributed by atoms with Gasteiger partial charge in [-0.05, 0) is 31.5 Å². The van der Waals surface area contributed by atoms with E-state index in [1.165, 1.54) is 4.57 Å². The fourth-order valence-electron chi connectivity index (χ4n) is 3.50. The number of nitrogens with zero attached hydrogens (tertiary/aromatic N) is 5. The fraction of sp³-hybridized carbons (Fsp3) is 0.300. The molecule has 30 heavy (non-hydrogen) atoms. The summed E-state index contributed by atoms with van der Waals surface area (Å²) >= 11 is 5.92. The van der Waals surface area contributed by atoms with Crippen LogP contribution in [0.15, 0.2) is 40.1 Å². The van der Waals surface area contributed by atoms with Crippen LogP contribution in [0.3, 0.4) is 0 Å². The standard InChI is InChI=1S/C20H20ClN5O4/c1-4-30-15(27)11-24-12(2)9-25-16-17(22-19(24)25)23(3)20(29)26(18(16)28)10-13-5-7-14(21)8-6-13/h5-9H,4,10-11H2,1-3H3. The number of fused-ring (bicyclic) bond motifs is 3. The molecule has 0 bridgehead atoms. The van der Waals surface area contributed by atoms with Gasteiger partial charge in [-0.15, -0.1) is 0 Å². The summed E-state index contributed by atoms with van der Waals surface area (Å²) in [6.45, 7) is 3.89. The summed E-state index contributed by atoms with van der Waals surface area (Å²) < 4.78 is 10.8. The van der Waals surface area contributed by atoms with Crippen LogP contribution >= 0.6 is 11.6 Å². The number of esters is 1. The van der Waals surface area contributed by atoms with Crippen molar-refractivity contribution in [1.29, 1.82) is 0 Å². The molecule has 9 nitrogen and oxygen atoms in total. The number of ether oxygens (including phenoxy) is 1. The highest BCUT2D eigenvalue weighted by atomic mass is 35.5. The molecule has 0 saturated heterocycles. The van der Waals surface area contributed by atoms with E-state index in [0.29, 0.717) is 10.8 Å². The second-order valence-corrected chi connectivity index (χ2v) is 7.41. The Morgan fingerprint density at radius 3 is 2.53 bits per heavy atom. The summed E-state index contributed by atoms with van der Waals surface area (Å²) in [5.41, 5.74) is 1.11. The van der Waals surface area contributed by atoms with Gasteiger partial charge >= 0.3 is 11.7 Å². The third-order valence-electron chi connectivity index (χ3n) is 4.99. The molecular formula is C20H20ClN5O4. The molecule has 0 unspecified atom stereocenters. The molecule has 0 fully saturated rings. The number of aryl methyl sites for hydroxylation is 2. The molecule has 10 heteroatoms. The first kappa shape index (κ1) is 20.0. The van der Waals surface area contributed by atoms with Crippen molar-refractivity contribution in [1.82, 2.24) is 23.1 Å². The van der Waals surface area contributed by atoms with Gasteiger partial charge in [0, 0.05) is 24.0 Å². The predicted octanol–water partition coefficient (Wildman–Crippen LogP) is 1.72. The number of aromatic nitrogens is 5. The number of carbonyl (C=O) groups excluding carboxylic acids is 1. The first-order chi connectivity index (χ1) is 14.3. The van der Waals surface area contributed by atoms with Crippen LogP contribution in [0.1, 0.15) is 18.2 Å². The number of benzene rings is 1. The molecule has 0 spiro atoms. The van der Waals surface area contributed by atoms with Crippen molar-refractivity contribution in [2.75, 3.05) is 6.61 Å². The van der Waals surface area contributed by atoms with Gasteiger partial charge in [0.25, 0.3) is 5.56 Å². The third kappa shape index (κ3) is 3.21. The molecule has 0 aliphatic carbocycles. The molecule has 156 valence electrons. The molecule has 0 aliphatic rings. The molecule has 4 aromatic rings. The first-order valence-corrected chi connectivity index (χ1v) is 9.77. The Morgan fingerprint density at radius 2 is 1.87 bits per heavy atom. The SMILES string of the molecule is CCOC(=O)Cn1c(C)cn2c3c(=O)n(Cc4ccc(Cl)cc4)c(=O)n(C)c3nc12. The lowest BCUT2D eigenvalue weighted by atomic mass is 10.2. The summed E-state index contributed by atoms with van der Waals surface area (Å²) in [5, 5.41) is 0.574. The van der Waals surface area contributed by atoms with Crippen molar-refractivity contribution in [3.8, 4) is 0 Å². The van der Waals surface area contributed by atoms with Gasteiger partial charge in [0.15, 0.2) is 11.2 Å². The molecule has 3 heterocycles. The molecule has 0 N–H and O–H groups in total. The van der Waals surface area contributed by atoms with Crippen LogP contribution in [-0.2, 0) is 29.7 Å². The second-order valence-electron chi connectivity index (χ2n) is 6.98. The molecular weight excluding hydrogens is 410 g/mol. The van der Waals surface area contributed by atoms with Crippen LogP contribution in [0.5, 0.6) is 0 Å². The molecule has 0 aliphatic heterocycles. The average molecular weight is 430 g/mol. The van der Waals surface area contributed by atoms with Crippen molar-refractivity contribution >= 4 is 34.5 Å². The van der Waals surface area contributed by atoms with Gasteiger partial charge in [0.1, 0.15) is 6.54 Å². The van der Waals surface area contributed by atoms with Crippen molar-refractivity contribution in [2.45, 2.75) is 26.9 Å². The highest BCUT2D eigenvalue weighted by Gasteiger charge is 2.21. The Morgan fingerprint density at radius 1 is 1.17 bits per heavy atom. The molecule has 4 rings (SSSR count). The number of carbonyl (C=O) groups is 1. The normalized spacial score (nSPS) is 11.5. The van der Waals surface area contributed by atoms with Crippen LogP contribution in [0.4, 0.5) is 0 Å². The fourth-order valence-corrected chi connectivity index (χ4v) is 3.62. The Kier molecular flexibility index (Phi) is 4.98. The van der Waals surface area contributed by atoms with Crippen molar-refractivity contribution in [3.63, 3.8) is 0 Å². The van der Waals surface area contributed by atoms with Gasteiger partial charge in [-0.1, -0.05) is 23.7 Å². The van der Waals surface area contributed by atoms with Crippen molar-refractivity contribution in [2.24, 2.45) is 7.05 Å². The largest absolute Gasteiger partial charge is 0.465 e. The monoisotopic (exact) mass is 429 g/mol. The number of halogens is 1. The number of rotatable bonds is 5. The van der Waals surface area contributed by atoms with E-state index < -0.39 is 17.2 Å². The minimum atomic E-state index is -0.475. The van der Waals surface area contributed by atoms with E-state index in [1.807, 2.05) is 6.92 Å². The lowest BCUT2D eigenvalue weighted by Crippen LogP contribution is -2.39. The zero-order valence-corrected chi connectivity index (χ0v) is 17.5. The van der Waals surface area contributed by atoms with Crippen molar-refractivity contribution in [3.05, 3.63) is 67.6 Å². The second kappa shape index (κ2) is 7.49. The lowest BCUT2D eigenvalue weighted by Gasteiger charge is -2.08. The van der Waals surface area contributed by atoms with Gasteiger partial charge in [-0.2, -0.15) is 4.98 Å². The van der Waals surface area contributed by atoms with Crippen LogP contribution in [0.25, 0.3) is 16.9 Å². The van der Waals surface area contributed by atoms with E-state index in [4.69, 9.17) is 16.3 Å². The van der Waals surface area contributed by atoms with E-state index in [1.54, 1.807) is 53.4 Å². The van der Waals surface area contributed by atoms with Crippen LogP contribution < -0.4 is 11.2 Å². The van der Waals surface area contributed by atoms with Crippen LogP contribution in [0, 0.1) is 6.92 Å². The van der Waals surface area contributed by atoms with E-state index in [-0.39, 0.29) is 30.9 Å². The highest BCUT2D eigenvalue weighted by Crippen LogP contribution is 2.17. The third-order valence-corrected chi connectivity index (χ3v) is 5.24. The smallest absolute Gasteiger partial charge is 0.332 e. The lowest BCUT2D eigenvalue weighted by molar-refractivity contribution is -0.143. The quantitative estimate of drug-likeness (QED) is 0.450. The molecule has 0 saturated carbocycles. The Balaban J connectivity index is 1.91. The molecule has 3 aromatic heterocycles. The van der Waals surface area contributed by atoms with Crippen molar-refractivity contribution < 1.29 is 9.53 Å². The number of imidazole rings is 2. The van der Waals surface area contributed by atoms with Gasteiger partial charge in [-0.3, -0.25) is 23.1 Å². The van der Waals surface area contributed by atoms with Gasteiger partial charge in [0.2, 0.25) is 5.78 Å². The first-order valence-electron chi connectivity index (χ1n) is 9.39. The van der Waals surface area contributed by atoms with E-state index in [0.717, 1.165) is 15.8 Å². The number of hydrogen-bond donors (Lipinski definition) is 0. The Labute approximate surface area is 175 Å². The molecule has 0 radical (unpaired) electrons. The van der Waals surface area contributed by atoms with Crippen LogP contribution in [0.2, 0.25) is 5.02 Å². The van der Waals surface area contributed by atoms with Crippen LogP contribution in [-0.4, -0.2) is 35.7 Å². The van der Waals surface area contributed by atoms with Gasteiger partial charge in [-0.25, -0.2) is 4.79 Å². The maximum absolute atomic E-state index is 13.3. The van der Waals surface area contributed by atoms with E-state index >= 15 is 0 Å². The van der Waals surface area contributed by atoms with Gasteiger partial charge < -0.3 is 9.30 Å².